The minimum atomic E-state index is 0.749. The highest BCUT2D eigenvalue weighted by Crippen LogP contribution is 2.27. The molecule has 1 aromatic rings. The van der Waals surface area contributed by atoms with Crippen LogP contribution in [0.5, 0.6) is 0 Å². The van der Waals surface area contributed by atoms with Gasteiger partial charge in [0.05, 0.1) is 5.01 Å². The zero-order valence-corrected chi connectivity index (χ0v) is 12.6. The number of nitrogens with one attached hydrogen (secondary N) is 1. The highest BCUT2D eigenvalue weighted by molar-refractivity contribution is 7.09. The molecule has 0 radical (unpaired) electrons. The van der Waals surface area contributed by atoms with Crippen LogP contribution in [0.2, 0.25) is 0 Å². The van der Waals surface area contributed by atoms with Crippen LogP contribution >= 0.6 is 11.3 Å². The van der Waals surface area contributed by atoms with Crippen molar-refractivity contribution in [2.45, 2.75) is 64.8 Å². The molecule has 2 rings (SSSR count). The fourth-order valence-electron chi connectivity index (χ4n) is 2.92. The topological polar surface area (TPSA) is 24.9 Å². The standard InChI is InChI=1S/C15H26N2S/c1-3-8-16-14-7-5-4-6-13(9-14)10-15-17-12(2)11-18-15/h11,13-14,16H,3-10H2,1-2H3. The molecule has 2 atom stereocenters. The van der Waals surface area contributed by atoms with E-state index < -0.39 is 0 Å². The molecule has 1 saturated carbocycles. The van der Waals surface area contributed by atoms with Gasteiger partial charge in [-0.15, -0.1) is 11.3 Å². The normalized spacial score (nSPS) is 25.0. The highest BCUT2D eigenvalue weighted by atomic mass is 32.1. The van der Waals surface area contributed by atoms with Gasteiger partial charge in [0.2, 0.25) is 0 Å². The lowest BCUT2D eigenvalue weighted by Crippen LogP contribution is -2.31. The van der Waals surface area contributed by atoms with E-state index in [1.165, 1.54) is 62.2 Å². The lowest BCUT2D eigenvalue weighted by Gasteiger charge is -2.20. The lowest BCUT2D eigenvalue weighted by atomic mass is 9.95. The van der Waals surface area contributed by atoms with Gasteiger partial charge in [0, 0.05) is 23.5 Å². The zero-order chi connectivity index (χ0) is 12.8. The summed E-state index contributed by atoms with van der Waals surface area (Å²) >= 11 is 1.84. The van der Waals surface area contributed by atoms with E-state index in [1.807, 2.05) is 11.3 Å². The molecule has 18 heavy (non-hydrogen) atoms. The molecule has 1 aromatic heterocycles. The van der Waals surface area contributed by atoms with Crippen LogP contribution in [-0.2, 0) is 6.42 Å². The third-order valence-electron chi connectivity index (χ3n) is 3.85. The van der Waals surface area contributed by atoms with Gasteiger partial charge >= 0.3 is 0 Å². The first-order valence-electron chi connectivity index (χ1n) is 7.42. The van der Waals surface area contributed by atoms with E-state index in [1.54, 1.807) is 0 Å². The van der Waals surface area contributed by atoms with Crippen LogP contribution in [0.3, 0.4) is 0 Å². The molecule has 0 amide bonds. The van der Waals surface area contributed by atoms with Crippen LogP contribution in [0.25, 0.3) is 0 Å². The lowest BCUT2D eigenvalue weighted by molar-refractivity contribution is 0.384. The molecule has 0 aromatic carbocycles. The van der Waals surface area contributed by atoms with Gasteiger partial charge in [-0.05, 0) is 45.1 Å². The number of hydrogen-bond donors (Lipinski definition) is 1. The maximum Gasteiger partial charge on any atom is 0.0930 e. The monoisotopic (exact) mass is 266 g/mol. The van der Waals surface area contributed by atoms with Gasteiger partial charge in [0.15, 0.2) is 0 Å². The van der Waals surface area contributed by atoms with Gasteiger partial charge in [0.25, 0.3) is 0 Å². The predicted octanol–water partition coefficient (Wildman–Crippen LogP) is 3.94. The van der Waals surface area contributed by atoms with Gasteiger partial charge in [-0.2, -0.15) is 0 Å². The Balaban J connectivity index is 1.86. The van der Waals surface area contributed by atoms with Crippen molar-refractivity contribution in [1.29, 1.82) is 0 Å². The first-order chi connectivity index (χ1) is 8.78. The zero-order valence-electron chi connectivity index (χ0n) is 11.7. The van der Waals surface area contributed by atoms with E-state index in [2.05, 4.69) is 29.5 Å². The molecular weight excluding hydrogens is 240 g/mol. The molecule has 0 bridgehead atoms. The van der Waals surface area contributed by atoms with E-state index in [-0.39, 0.29) is 0 Å². The van der Waals surface area contributed by atoms with E-state index >= 15 is 0 Å². The summed E-state index contributed by atoms with van der Waals surface area (Å²) in [5.41, 5.74) is 1.18. The predicted molar refractivity (Wildman–Crippen MR) is 79.2 cm³/mol. The fraction of sp³-hybridized carbons (Fsp3) is 0.800. The summed E-state index contributed by atoms with van der Waals surface area (Å²) < 4.78 is 0. The number of rotatable bonds is 5. The van der Waals surface area contributed by atoms with Crippen molar-refractivity contribution in [3.05, 3.63) is 16.1 Å². The number of hydrogen-bond acceptors (Lipinski definition) is 3. The first-order valence-corrected chi connectivity index (χ1v) is 8.30. The van der Waals surface area contributed by atoms with Crippen LogP contribution in [0, 0.1) is 12.8 Å². The fourth-order valence-corrected chi connectivity index (χ4v) is 3.81. The summed E-state index contributed by atoms with van der Waals surface area (Å²) in [5, 5.41) is 7.24. The molecule has 0 aliphatic heterocycles. The molecule has 1 heterocycles. The molecule has 0 spiro atoms. The highest BCUT2D eigenvalue weighted by Gasteiger charge is 2.20. The minimum absolute atomic E-state index is 0.749. The van der Waals surface area contributed by atoms with E-state index in [0.717, 1.165) is 12.0 Å². The molecule has 1 aliphatic rings. The average molecular weight is 266 g/mol. The second-order valence-corrected chi connectivity index (χ2v) is 6.57. The SMILES string of the molecule is CCCNC1CCCCC(Cc2nc(C)cs2)C1. The molecule has 3 heteroatoms. The van der Waals surface area contributed by atoms with Crippen molar-refractivity contribution < 1.29 is 0 Å². The molecule has 2 unspecified atom stereocenters. The van der Waals surface area contributed by atoms with Gasteiger partial charge < -0.3 is 5.32 Å². The second kappa shape index (κ2) is 7.25. The van der Waals surface area contributed by atoms with Gasteiger partial charge in [-0.1, -0.05) is 19.8 Å². The number of aryl methyl sites for hydroxylation is 1. The molecule has 102 valence electrons. The smallest absolute Gasteiger partial charge is 0.0930 e. The van der Waals surface area contributed by atoms with Crippen LogP contribution in [0.4, 0.5) is 0 Å². The molecule has 2 nitrogen and oxygen atoms in total. The van der Waals surface area contributed by atoms with Gasteiger partial charge in [-0.25, -0.2) is 4.98 Å². The van der Waals surface area contributed by atoms with E-state index in [4.69, 9.17) is 0 Å². The van der Waals surface area contributed by atoms with Crippen molar-refractivity contribution in [1.82, 2.24) is 10.3 Å². The van der Waals surface area contributed by atoms with Crippen molar-refractivity contribution in [3.63, 3.8) is 0 Å². The van der Waals surface area contributed by atoms with Gasteiger partial charge in [0.1, 0.15) is 0 Å². The third kappa shape index (κ3) is 4.36. The molecule has 1 N–H and O–H groups in total. The molecule has 1 aliphatic carbocycles. The van der Waals surface area contributed by atoms with Gasteiger partial charge in [-0.3, -0.25) is 0 Å². The quantitative estimate of drug-likeness (QED) is 0.816. The second-order valence-electron chi connectivity index (χ2n) is 5.62. The Labute approximate surface area is 115 Å². The largest absolute Gasteiger partial charge is 0.314 e. The Morgan fingerprint density at radius 2 is 2.22 bits per heavy atom. The summed E-state index contributed by atoms with van der Waals surface area (Å²) in [6, 6.07) is 0.749. The maximum atomic E-state index is 4.62. The first kappa shape index (κ1) is 14.0. The number of nitrogens with zero attached hydrogens (tertiary/aromatic N) is 1. The van der Waals surface area contributed by atoms with Crippen molar-refractivity contribution in [2.75, 3.05) is 6.54 Å². The van der Waals surface area contributed by atoms with E-state index in [0.29, 0.717) is 0 Å². The van der Waals surface area contributed by atoms with Crippen molar-refractivity contribution in [2.24, 2.45) is 5.92 Å². The number of thiazole rings is 1. The third-order valence-corrected chi connectivity index (χ3v) is 4.83. The Morgan fingerprint density at radius 1 is 1.39 bits per heavy atom. The molecule has 1 fully saturated rings. The number of aromatic nitrogens is 1. The molecule has 0 saturated heterocycles. The van der Waals surface area contributed by atoms with Crippen LogP contribution in [-0.4, -0.2) is 17.6 Å². The summed E-state index contributed by atoms with van der Waals surface area (Å²) in [6.45, 7) is 5.52. The summed E-state index contributed by atoms with van der Waals surface area (Å²) in [5.74, 6) is 0.840. The Kier molecular flexibility index (Phi) is 5.64. The Morgan fingerprint density at radius 3 is 2.94 bits per heavy atom. The maximum absolute atomic E-state index is 4.62. The van der Waals surface area contributed by atoms with Crippen LogP contribution < -0.4 is 5.32 Å². The average Bonchev–Trinajstić information content (AvgIpc) is 2.63. The van der Waals surface area contributed by atoms with Crippen LogP contribution in [0.15, 0.2) is 5.38 Å². The Hall–Kier alpha value is -0.410. The Bertz CT molecular complexity index is 348. The summed E-state index contributed by atoms with van der Waals surface area (Å²) in [4.78, 5) is 4.62. The van der Waals surface area contributed by atoms with Crippen LogP contribution in [0.1, 0.15) is 56.2 Å². The summed E-state index contributed by atoms with van der Waals surface area (Å²) in [7, 11) is 0. The van der Waals surface area contributed by atoms with Crippen molar-refractivity contribution in [3.8, 4) is 0 Å². The summed E-state index contributed by atoms with van der Waals surface area (Å²) in [6.07, 6.45) is 9.35. The van der Waals surface area contributed by atoms with E-state index in [9.17, 15) is 0 Å². The molecular formula is C15H26N2S. The minimum Gasteiger partial charge on any atom is -0.314 e. The van der Waals surface area contributed by atoms with Crippen molar-refractivity contribution >= 4 is 11.3 Å².